The number of aryl methyl sites for hydroxylation is 1. The Bertz CT molecular complexity index is 812. The van der Waals surface area contributed by atoms with Crippen molar-refractivity contribution in [2.24, 2.45) is 0 Å². The van der Waals surface area contributed by atoms with Crippen LogP contribution in [0.2, 0.25) is 0 Å². The van der Waals surface area contributed by atoms with E-state index in [1.807, 2.05) is 43.3 Å². The number of carbonyl (C=O) groups is 1. The molecule has 0 aliphatic carbocycles. The van der Waals surface area contributed by atoms with E-state index in [0.717, 1.165) is 11.1 Å². The van der Waals surface area contributed by atoms with E-state index in [4.69, 9.17) is 14.2 Å². The van der Waals surface area contributed by atoms with E-state index in [1.54, 1.807) is 31.2 Å². The van der Waals surface area contributed by atoms with Crippen molar-refractivity contribution in [3.63, 3.8) is 0 Å². The van der Waals surface area contributed by atoms with Crippen molar-refractivity contribution in [3.05, 3.63) is 59.2 Å². The summed E-state index contributed by atoms with van der Waals surface area (Å²) in [5.41, 5.74) is 3.13. The largest absolute Gasteiger partial charge is 0.493 e. The van der Waals surface area contributed by atoms with Crippen LogP contribution in [0.3, 0.4) is 0 Å². The molecule has 0 aromatic heterocycles. The Labute approximate surface area is 153 Å². The summed E-state index contributed by atoms with van der Waals surface area (Å²) in [5, 5.41) is 0. The zero-order chi connectivity index (χ0) is 18.5. The predicted octanol–water partition coefficient (Wildman–Crippen LogP) is 3.45. The minimum Gasteiger partial charge on any atom is -0.493 e. The lowest BCUT2D eigenvalue weighted by Crippen LogP contribution is -2.24. The number of fused-ring (bicyclic) bond motifs is 1. The number of hydrogen-bond acceptors (Lipinski definition) is 4. The van der Waals surface area contributed by atoms with E-state index < -0.39 is 0 Å². The van der Waals surface area contributed by atoms with Crippen LogP contribution < -0.4 is 14.2 Å². The lowest BCUT2D eigenvalue weighted by Gasteiger charge is -2.21. The van der Waals surface area contributed by atoms with E-state index in [1.165, 1.54) is 5.56 Å². The maximum absolute atomic E-state index is 12.4. The van der Waals surface area contributed by atoms with E-state index >= 15 is 0 Å². The molecule has 0 fully saturated rings. The first-order chi connectivity index (χ1) is 12.6. The van der Waals surface area contributed by atoms with Crippen LogP contribution in [0.4, 0.5) is 0 Å². The summed E-state index contributed by atoms with van der Waals surface area (Å²) >= 11 is 0. The Balaban J connectivity index is 1.72. The second-order valence-corrected chi connectivity index (χ2v) is 6.20. The van der Waals surface area contributed by atoms with Gasteiger partial charge in [-0.05, 0) is 41.8 Å². The van der Waals surface area contributed by atoms with Gasteiger partial charge in [0.25, 0.3) is 0 Å². The molecule has 5 nitrogen and oxygen atoms in total. The van der Waals surface area contributed by atoms with Gasteiger partial charge >= 0.3 is 0 Å². The highest BCUT2D eigenvalue weighted by molar-refractivity contribution is 5.91. The third-order valence-corrected chi connectivity index (χ3v) is 4.31. The highest BCUT2D eigenvalue weighted by Gasteiger charge is 2.18. The van der Waals surface area contributed by atoms with Crippen LogP contribution in [0.5, 0.6) is 17.2 Å². The van der Waals surface area contributed by atoms with Crippen molar-refractivity contribution < 1.29 is 19.0 Å². The minimum absolute atomic E-state index is 0.0675. The predicted molar refractivity (Wildman–Crippen MR) is 101 cm³/mol. The number of methoxy groups -OCH3 is 1. The Morgan fingerprint density at radius 3 is 2.77 bits per heavy atom. The zero-order valence-electron chi connectivity index (χ0n) is 15.3. The molecule has 3 rings (SSSR count). The van der Waals surface area contributed by atoms with Crippen LogP contribution in [0, 0.1) is 6.92 Å². The van der Waals surface area contributed by atoms with Crippen molar-refractivity contribution in [1.82, 2.24) is 4.90 Å². The molecule has 5 heteroatoms. The number of carbonyl (C=O) groups excluding carboxylic acids is 1. The summed E-state index contributed by atoms with van der Waals surface area (Å²) in [6, 6.07) is 11.7. The van der Waals surface area contributed by atoms with Gasteiger partial charge in [-0.25, -0.2) is 0 Å². The molecule has 1 heterocycles. The summed E-state index contributed by atoms with van der Waals surface area (Å²) in [4.78, 5) is 14.1. The molecule has 1 aliphatic heterocycles. The number of amides is 1. The third kappa shape index (κ3) is 3.99. The molecule has 0 N–H and O–H groups in total. The maximum Gasteiger partial charge on any atom is 0.246 e. The van der Waals surface area contributed by atoms with Gasteiger partial charge in [-0.2, -0.15) is 0 Å². The van der Waals surface area contributed by atoms with Crippen LogP contribution in [0.25, 0.3) is 6.08 Å². The van der Waals surface area contributed by atoms with Gasteiger partial charge in [0.1, 0.15) is 13.2 Å². The molecule has 1 amide bonds. The zero-order valence-corrected chi connectivity index (χ0v) is 15.3. The van der Waals surface area contributed by atoms with Crippen LogP contribution in [-0.4, -0.2) is 38.2 Å². The first kappa shape index (κ1) is 17.9. The van der Waals surface area contributed by atoms with Gasteiger partial charge < -0.3 is 19.1 Å². The van der Waals surface area contributed by atoms with Crippen molar-refractivity contribution in [2.45, 2.75) is 13.5 Å². The van der Waals surface area contributed by atoms with Crippen LogP contribution in [0.1, 0.15) is 16.7 Å². The molecular weight excluding hydrogens is 330 g/mol. The summed E-state index contributed by atoms with van der Waals surface area (Å²) in [7, 11) is 3.38. The Hall–Kier alpha value is -2.95. The quantitative estimate of drug-likeness (QED) is 0.773. The maximum atomic E-state index is 12.4. The number of ether oxygens (including phenoxy) is 3. The molecule has 0 bridgehead atoms. The van der Waals surface area contributed by atoms with E-state index in [2.05, 4.69) is 0 Å². The molecule has 2 aromatic carbocycles. The molecule has 0 saturated heterocycles. The van der Waals surface area contributed by atoms with Gasteiger partial charge in [-0.1, -0.05) is 24.3 Å². The summed E-state index contributed by atoms with van der Waals surface area (Å²) in [5.74, 6) is 1.78. The average Bonchev–Trinajstić information content (AvgIpc) is 2.67. The van der Waals surface area contributed by atoms with Gasteiger partial charge in [-0.15, -0.1) is 0 Å². The molecule has 0 saturated carbocycles. The van der Waals surface area contributed by atoms with Gasteiger partial charge in [0.05, 0.1) is 7.11 Å². The Kier molecular flexibility index (Phi) is 5.46. The van der Waals surface area contributed by atoms with Crippen molar-refractivity contribution >= 4 is 12.0 Å². The van der Waals surface area contributed by atoms with E-state index in [0.29, 0.717) is 37.0 Å². The molecule has 136 valence electrons. The van der Waals surface area contributed by atoms with Gasteiger partial charge in [-0.3, -0.25) is 4.79 Å². The SMILES string of the molecule is COc1cc(/C=C/C(=O)N(C)Cc2ccccc2C)cc2c1OCCO2. The molecule has 0 unspecified atom stereocenters. The number of rotatable bonds is 5. The summed E-state index contributed by atoms with van der Waals surface area (Å²) in [6.07, 6.45) is 3.32. The second kappa shape index (κ2) is 7.95. The molecule has 0 spiro atoms. The second-order valence-electron chi connectivity index (χ2n) is 6.20. The molecule has 0 atom stereocenters. The fourth-order valence-electron chi connectivity index (χ4n) is 2.81. The van der Waals surface area contributed by atoms with Crippen molar-refractivity contribution in [2.75, 3.05) is 27.4 Å². The van der Waals surface area contributed by atoms with Crippen LogP contribution in [-0.2, 0) is 11.3 Å². The smallest absolute Gasteiger partial charge is 0.246 e. The first-order valence-electron chi connectivity index (χ1n) is 8.54. The third-order valence-electron chi connectivity index (χ3n) is 4.31. The summed E-state index contributed by atoms with van der Waals surface area (Å²) < 4.78 is 16.6. The lowest BCUT2D eigenvalue weighted by atomic mass is 10.1. The normalized spacial score (nSPS) is 12.9. The summed E-state index contributed by atoms with van der Waals surface area (Å²) in [6.45, 7) is 3.62. The first-order valence-corrected chi connectivity index (χ1v) is 8.54. The number of hydrogen-bond donors (Lipinski definition) is 0. The van der Waals surface area contributed by atoms with Crippen molar-refractivity contribution in [3.8, 4) is 17.2 Å². The molecule has 0 radical (unpaired) electrons. The fraction of sp³-hybridized carbons (Fsp3) is 0.286. The van der Waals surface area contributed by atoms with Gasteiger partial charge in [0, 0.05) is 19.7 Å². The highest BCUT2D eigenvalue weighted by atomic mass is 16.6. The standard InChI is InChI=1S/C21H23NO4/c1-15-6-4-5-7-17(15)14-22(2)20(23)9-8-16-12-18(24-3)21-19(13-16)25-10-11-26-21/h4-9,12-13H,10-11,14H2,1-3H3/b9-8+. The topological polar surface area (TPSA) is 48.0 Å². The van der Waals surface area contributed by atoms with Gasteiger partial charge in [0.2, 0.25) is 11.7 Å². The highest BCUT2D eigenvalue weighted by Crippen LogP contribution is 2.40. The van der Waals surface area contributed by atoms with E-state index in [-0.39, 0.29) is 5.91 Å². The molecular formula is C21H23NO4. The van der Waals surface area contributed by atoms with Crippen LogP contribution in [0.15, 0.2) is 42.5 Å². The number of nitrogens with zero attached hydrogens (tertiary/aromatic N) is 1. The minimum atomic E-state index is -0.0675. The molecule has 2 aromatic rings. The number of benzene rings is 2. The Morgan fingerprint density at radius 2 is 2.00 bits per heavy atom. The molecule has 26 heavy (non-hydrogen) atoms. The van der Waals surface area contributed by atoms with Gasteiger partial charge in [0.15, 0.2) is 11.5 Å². The average molecular weight is 353 g/mol. The monoisotopic (exact) mass is 353 g/mol. The Morgan fingerprint density at radius 1 is 1.23 bits per heavy atom. The van der Waals surface area contributed by atoms with Crippen LogP contribution >= 0.6 is 0 Å². The molecule has 1 aliphatic rings. The lowest BCUT2D eigenvalue weighted by molar-refractivity contribution is -0.125. The fourth-order valence-corrected chi connectivity index (χ4v) is 2.81. The van der Waals surface area contributed by atoms with Crippen molar-refractivity contribution in [1.29, 1.82) is 0 Å². The van der Waals surface area contributed by atoms with E-state index in [9.17, 15) is 4.79 Å². The number of likely N-dealkylation sites (N-methyl/N-ethyl adjacent to an activating group) is 1.